The van der Waals surface area contributed by atoms with Gasteiger partial charge in [-0.2, -0.15) is 0 Å². The summed E-state index contributed by atoms with van der Waals surface area (Å²) in [5.74, 6) is 0. The molecule has 0 saturated carbocycles. The fourth-order valence-electron chi connectivity index (χ4n) is 2.19. The smallest absolute Gasteiger partial charge is 0.0463 e. The summed E-state index contributed by atoms with van der Waals surface area (Å²) in [5.41, 5.74) is 2.78. The highest BCUT2D eigenvalue weighted by molar-refractivity contribution is 5.53. The SMILES string of the molecule is COCCCC1CCc2ccccc2N1. The number of rotatable bonds is 4. The Balaban J connectivity index is 1.88. The van der Waals surface area contributed by atoms with Crippen molar-refractivity contribution in [3.63, 3.8) is 0 Å². The van der Waals surface area contributed by atoms with Crippen LogP contribution in [0.25, 0.3) is 0 Å². The van der Waals surface area contributed by atoms with Crippen LogP contribution in [0.3, 0.4) is 0 Å². The zero-order valence-electron chi connectivity index (χ0n) is 9.33. The molecule has 1 atom stereocenters. The molecule has 1 unspecified atom stereocenters. The number of fused-ring (bicyclic) bond motifs is 1. The number of hydrogen-bond donors (Lipinski definition) is 1. The highest BCUT2D eigenvalue weighted by atomic mass is 16.5. The van der Waals surface area contributed by atoms with E-state index < -0.39 is 0 Å². The lowest BCUT2D eigenvalue weighted by Gasteiger charge is -2.26. The fraction of sp³-hybridized carbons (Fsp3) is 0.538. The van der Waals surface area contributed by atoms with Crippen LogP contribution in [-0.4, -0.2) is 19.8 Å². The molecule has 82 valence electrons. The standard InChI is InChI=1S/C13H19NO/c1-15-10-4-6-12-9-8-11-5-2-3-7-13(11)14-12/h2-3,5,7,12,14H,4,6,8-10H2,1H3. The van der Waals surface area contributed by atoms with E-state index in [4.69, 9.17) is 4.74 Å². The van der Waals surface area contributed by atoms with Gasteiger partial charge in [0.15, 0.2) is 0 Å². The van der Waals surface area contributed by atoms with Gasteiger partial charge in [0.1, 0.15) is 0 Å². The monoisotopic (exact) mass is 205 g/mol. The number of anilines is 1. The second kappa shape index (κ2) is 5.17. The molecule has 0 amide bonds. The Morgan fingerprint density at radius 1 is 1.40 bits per heavy atom. The van der Waals surface area contributed by atoms with Crippen LogP contribution in [0.4, 0.5) is 5.69 Å². The van der Waals surface area contributed by atoms with Gasteiger partial charge in [0.2, 0.25) is 0 Å². The van der Waals surface area contributed by atoms with E-state index in [9.17, 15) is 0 Å². The first-order chi connectivity index (χ1) is 7.40. The van der Waals surface area contributed by atoms with E-state index in [1.165, 1.54) is 30.5 Å². The molecular weight excluding hydrogens is 186 g/mol. The van der Waals surface area contributed by atoms with E-state index in [1.807, 2.05) is 0 Å². The number of nitrogens with one attached hydrogen (secondary N) is 1. The van der Waals surface area contributed by atoms with Crippen LogP contribution in [0, 0.1) is 0 Å². The molecule has 2 nitrogen and oxygen atoms in total. The quantitative estimate of drug-likeness (QED) is 0.763. The Labute approximate surface area is 91.6 Å². The van der Waals surface area contributed by atoms with Crippen LogP contribution in [0.2, 0.25) is 0 Å². The minimum Gasteiger partial charge on any atom is -0.385 e. The average Bonchev–Trinajstić information content (AvgIpc) is 2.29. The van der Waals surface area contributed by atoms with Gasteiger partial charge in [0.25, 0.3) is 0 Å². The normalized spacial score (nSPS) is 19.4. The van der Waals surface area contributed by atoms with Gasteiger partial charge in [0, 0.05) is 25.4 Å². The highest BCUT2D eigenvalue weighted by Crippen LogP contribution is 2.25. The lowest BCUT2D eigenvalue weighted by Crippen LogP contribution is -2.25. The van der Waals surface area contributed by atoms with E-state index in [1.54, 1.807) is 7.11 Å². The van der Waals surface area contributed by atoms with Crippen LogP contribution in [0.1, 0.15) is 24.8 Å². The van der Waals surface area contributed by atoms with Crippen molar-refractivity contribution in [2.45, 2.75) is 31.7 Å². The van der Waals surface area contributed by atoms with Gasteiger partial charge in [-0.3, -0.25) is 0 Å². The molecule has 1 aromatic rings. The molecular formula is C13H19NO. The van der Waals surface area contributed by atoms with Crippen molar-refractivity contribution in [1.29, 1.82) is 0 Å². The van der Waals surface area contributed by atoms with Gasteiger partial charge in [-0.1, -0.05) is 18.2 Å². The minimum atomic E-state index is 0.634. The molecule has 0 aromatic heterocycles. The van der Waals surface area contributed by atoms with E-state index in [0.29, 0.717) is 6.04 Å². The summed E-state index contributed by atoms with van der Waals surface area (Å²) in [7, 11) is 1.77. The van der Waals surface area contributed by atoms with Crippen molar-refractivity contribution in [2.24, 2.45) is 0 Å². The predicted molar refractivity (Wildman–Crippen MR) is 63.3 cm³/mol. The van der Waals surface area contributed by atoms with Crippen LogP contribution in [0.15, 0.2) is 24.3 Å². The minimum absolute atomic E-state index is 0.634. The van der Waals surface area contributed by atoms with E-state index >= 15 is 0 Å². The summed E-state index contributed by atoms with van der Waals surface area (Å²) in [4.78, 5) is 0. The van der Waals surface area contributed by atoms with E-state index in [0.717, 1.165) is 13.0 Å². The summed E-state index contributed by atoms with van der Waals surface area (Å²) in [6.45, 7) is 0.875. The third kappa shape index (κ3) is 2.72. The van der Waals surface area contributed by atoms with E-state index in [-0.39, 0.29) is 0 Å². The number of hydrogen-bond acceptors (Lipinski definition) is 2. The van der Waals surface area contributed by atoms with Crippen molar-refractivity contribution in [2.75, 3.05) is 19.0 Å². The van der Waals surface area contributed by atoms with Crippen LogP contribution >= 0.6 is 0 Å². The third-order valence-electron chi connectivity index (χ3n) is 3.04. The molecule has 0 spiro atoms. The zero-order valence-corrected chi connectivity index (χ0v) is 9.33. The second-order valence-corrected chi connectivity index (χ2v) is 4.17. The van der Waals surface area contributed by atoms with Gasteiger partial charge in [0.05, 0.1) is 0 Å². The summed E-state index contributed by atoms with van der Waals surface area (Å²) in [5, 5.41) is 3.60. The Morgan fingerprint density at radius 3 is 3.13 bits per heavy atom. The Morgan fingerprint density at radius 2 is 2.27 bits per heavy atom. The van der Waals surface area contributed by atoms with Crippen molar-refractivity contribution in [1.82, 2.24) is 0 Å². The van der Waals surface area contributed by atoms with Crippen molar-refractivity contribution in [3.05, 3.63) is 29.8 Å². The maximum absolute atomic E-state index is 5.07. The van der Waals surface area contributed by atoms with Gasteiger partial charge >= 0.3 is 0 Å². The molecule has 1 heterocycles. The molecule has 0 saturated heterocycles. The van der Waals surface area contributed by atoms with Gasteiger partial charge < -0.3 is 10.1 Å². The van der Waals surface area contributed by atoms with Crippen LogP contribution in [-0.2, 0) is 11.2 Å². The molecule has 0 radical (unpaired) electrons. The first-order valence-electron chi connectivity index (χ1n) is 5.73. The lowest BCUT2D eigenvalue weighted by molar-refractivity contribution is 0.190. The van der Waals surface area contributed by atoms with Crippen molar-refractivity contribution >= 4 is 5.69 Å². The summed E-state index contributed by atoms with van der Waals surface area (Å²) >= 11 is 0. The Bertz CT molecular complexity index is 311. The van der Waals surface area contributed by atoms with Crippen molar-refractivity contribution < 1.29 is 4.74 Å². The molecule has 0 fully saturated rings. The molecule has 1 N–H and O–H groups in total. The molecule has 0 bridgehead atoms. The summed E-state index contributed by atoms with van der Waals surface area (Å²) < 4.78 is 5.07. The highest BCUT2D eigenvalue weighted by Gasteiger charge is 2.16. The average molecular weight is 205 g/mol. The molecule has 0 aliphatic carbocycles. The summed E-state index contributed by atoms with van der Waals surface area (Å²) in [6, 6.07) is 9.25. The van der Waals surface area contributed by atoms with Crippen LogP contribution < -0.4 is 5.32 Å². The van der Waals surface area contributed by atoms with Gasteiger partial charge in [-0.25, -0.2) is 0 Å². The first-order valence-corrected chi connectivity index (χ1v) is 5.73. The number of aryl methyl sites for hydroxylation is 1. The molecule has 2 heteroatoms. The topological polar surface area (TPSA) is 21.3 Å². The van der Waals surface area contributed by atoms with Crippen molar-refractivity contribution in [3.8, 4) is 0 Å². The maximum atomic E-state index is 5.07. The first kappa shape index (κ1) is 10.5. The maximum Gasteiger partial charge on any atom is 0.0463 e. The lowest BCUT2D eigenvalue weighted by atomic mass is 9.95. The summed E-state index contributed by atoms with van der Waals surface area (Å²) in [6.07, 6.45) is 4.82. The number of methoxy groups -OCH3 is 1. The molecule has 1 aromatic carbocycles. The third-order valence-corrected chi connectivity index (χ3v) is 3.04. The second-order valence-electron chi connectivity index (χ2n) is 4.17. The predicted octanol–water partition coefficient (Wildman–Crippen LogP) is 2.84. The number of ether oxygens (including phenoxy) is 1. The zero-order chi connectivity index (χ0) is 10.5. The Hall–Kier alpha value is -1.02. The largest absolute Gasteiger partial charge is 0.385 e. The number of para-hydroxylation sites is 1. The van der Waals surface area contributed by atoms with Crippen LogP contribution in [0.5, 0.6) is 0 Å². The Kier molecular flexibility index (Phi) is 3.62. The number of benzene rings is 1. The van der Waals surface area contributed by atoms with Gasteiger partial charge in [-0.15, -0.1) is 0 Å². The van der Waals surface area contributed by atoms with Gasteiger partial charge in [-0.05, 0) is 37.3 Å². The fourth-order valence-corrected chi connectivity index (χ4v) is 2.19. The van der Waals surface area contributed by atoms with E-state index in [2.05, 4.69) is 29.6 Å². The molecule has 1 aliphatic rings. The molecule has 2 rings (SSSR count). The molecule has 1 aliphatic heterocycles. The molecule has 15 heavy (non-hydrogen) atoms.